The van der Waals surface area contributed by atoms with Crippen LogP contribution in [-0.2, 0) is 0 Å². The average Bonchev–Trinajstić information content (AvgIpc) is 2.59. The number of unbranched alkanes of at least 4 members (excludes halogenated alkanes) is 1. The Hall–Kier alpha value is 0.480. The summed E-state index contributed by atoms with van der Waals surface area (Å²) in [5.41, 5.74) is 0. The molecule has 0 rings (SSSR count). The van der Waals surface area contributed by atoms with Gasteiger partial charge in [-0.05, 0) is 111 Å². The fourth-order valence-electron chi connectivity index (χ4n) is 3.53. The van der Waals surface area contributed by atoms with Gasteiger partial charge in [0, 0.05) is 0 Å². The second-order valence-electron chi connectivity index (χ2n) is 8.77. The molecule has 0 aromatic heterocycles. The third-order valence-electron chi connectivity index (χ3n) is 5.02. The Morgan fingerprint density at radius 2 is 0.900 bits per heavy atom. The first-order chi connectivity index (χ1) is 13.6. The first-order valence-electron chi connectivity index (χ1n) is 10.3. The smallest absolute Gasteiger partial charge is 0.218 e. The Labute approximate surface area is 188 Å². The predicted molar refractivity (Wildman–Crippen MR) is 142 cm³/mol. The second-order valence-corrected chi connectivity index (χ2v) is 19.5. The molecule has 0 aromatic carbocycles. The van der Waals surface area contributed by atoms with Crippen LogP contribution in [0.2, 0.25) is 0 Å². The Morgan fingerprint density at radius 3 is 1.13 bits per heavy atom. The van der Waals surface area contributed by atoms with Gasteiger partial charge >= 0.3 is 0 Å². The number of rotatable bonds is 11. The molecule has 0 bridgehead atoms. The molecular weight excluding hydrogens is 435 g/mol. The lowest BCUT2D eigenvalue weighted by molar-refractivity contribution is 0.472. The van der Waals surface area contributed by atoms with E-state index >= 15 is 0 Å². The van der Waals surface area contributed by atoms with Crippen molar-refractivity contribution in [3.63, 3.8) is 0 Å². The zero-order valence-corrected chi connectivity index (χ0v) is 25.0. The van der Waals surface area contributed by atoms with Crippen molar-refractivity contribution in [2.45, 2.75) is 19.8 Å². The molecular formula is C18H50N9P3. The van der Waals surface area contributed by atoms with Crippen LogP contribution in [0.4, 0.5) is 0 Å². The molecule has 0 spiro atoms. The lowest BCUT2D eigenvalue weighted by Crippen LogP contribution is -2.32. The van der Waals surface area contributed by atoms with Crippen molar-refractivity contribution >= 4 is 28.1 Å². The maximum atomic E-state index is 5.76. The van der Waals surface area contributed by atoms with E-state index in [1.807, 2.05) is 0 Å². The Bertz CT molecular complexity index is 642. The van der Waals surface area contributed by atoms with Crippen molar-refractivity contribution in [1.82, 2.24) is 32.7 Å². The highest BCUT2D eigenvalue weighted by atomic mass is 31.2. The predicted octanol–water partition coefficient (Wildman–Crippen LogP) is 4.17. The van der Waals surface area contributed by atoms with E-state index in [0.717, 1.165) is 12.8 Å². The molecule has 0 aliphatic rings. The molecule has 0 unspecified atom stereocenters. The van der Waals surface area contributed by atoms with Crippen LogP contribution in [0.15, 0.2) is 9.03 Å². The van der Waals surface area contributed by atoms with Crippen LogP contribution in [0.5, 0.6) is 0 Å². The van der Waals surface area contributed by atoms with Gasteiger partial charge in [-0.25, -0.2) is 13.9 Å². The van der Waals surface area contributed by atoms with Crippen molar-refractivity contribution in [2.75, 3.05) is 98.7 Å². The molecule has 0 heterocycles. The highest BCUT2D eigenvalue weighted by molar-refractivity contribution is 7.79. The van der Waals surface area contributed by atoms with Crippen molar-refractivity contribution < 1.29 is 0 Å². The van der Waals surface area contributed by atoms with Crippen molar-refractivity contribution in [3.8, 4) is 0 Å². The Balaban J connectivity index is 7.86. The largest absolute Gasteiger partial charge is 0.261 e. The van der Waals surface area contributed by atoms with Gasteiger partial charge in [-0.1, -0.05) is 13.3 Å². The van der Waals surface area contributed by atoms with Crippen LogP contribution < -0.4 is 0 Å². The minimum atomic E-state index is -2.42. The Kier molecular flexibility index (Phi) is 12.3. The number of hydrogen-bond acceptors (Lipinski definition) is 3. The van der Waals surface area contributed by atoms with E-state index in [4.69, 9.17) is 9.03 Å². The summed E-state index contributed by atoms with van der Waals surface area (Å²) in [5.74, 6) is 2.44. The molecule has 9 nitrogen and oxygen atoms in total. The summed E-state index contributed by atoms with van der Waals surface area (Å²) < 4.78 is 27.4. The van der Waals surface area contributed by atoms with Gasteiger partial charge < -0.3 is 0 Å². The van der Waals surface area contributed by atoms with Gasteiger partial charge in [0.1, 0.15) is 7.34 Å². The van der Waals surface area contributed by atoms with Gasteiger partial charge in [-0.15, -0.1) is 0 Å². The molecule has 0 amide bonds. The molecule has 0 aliphatic heterocycles. The van der Waals surface area contributed by atoms with Crippen LogP contribution in [0.3, 0.4) is 0 Å². The summed E-state index contributed by atoms with van der Waals surface area (Å²) in [6, 6.07) is 0. The zero-order valence-electron chi connectivity index (χ0n) is 22.4. The summed E-state index contributed by atoms with van der Waals surface area (Å²) in [5, 5.41) is 0. The monoisotopic (exact) mass is 485 g/mol. The average molecular weight is 486 g/mol. The van der Waals surface area contributed by atoms with Crippen LogP contribution in [0, 0.1) is 0 Å². The minimum absolute atomic E-state index is 1.03. The van der Waals surface area contributed by atoms with Crippen LogP contribution >= 0.6 is 22.4 Å². The maximum Gasteiger partial charge on any atom is 0.218 e. The van der Waals surface area contributed by atoms with Gasteiger partial charge in [0.2, 0.25) is 7.51 Å². The van der Waals surface area contributed by atoms with Crippen molar-refractivity contribution in [1.29, 1.82) is 0 Å². The van der Waals surface area contributed by atoms with E-state index in [9.17, 15) is 0 Å². The fourth-order valence-corrected chi connectivity index (χ4v) is 17.6. The van der Waals surface area contributed by atoms with Crippen LogP contribution in [-0.4, -0.2) is 137 Å². The van der Waals surface area contributed by atoms with Crippen molar-refractivity contribution in [3.05, 3.63) is 0 Å². The Morgan fingerprint density at radius 1 is 0.533 bits per heavy atom. The van der Waals surface area contributed by atoms with E-state index in [2.05, 4.69) is 144 Å². The highest BCUT2D eigenvalue weighted by Gasteiger charge is 2.38. The first kappa shape index (κ1) is 30.5. The van der Waals surface area contributed by atoms with Crippen LogP contribution in [0.1, 0.15) is 19.8 Å². The SMILES string of the molecule is CCCC=P(N=P(N=P(N(C)C)(N(C)C)N(C)C)(N(C)C)N(C)C)(N(C)C)N(C)C. The fraction of sp³-hybridized carbons (Fsp3) is 0.944. The van der Waals surface area contributed by atoms with E-state index in [0.29, 0.717) is 0 Å². The summed E-state index contributed by atoms with van der Waals surface area (Å²) >= 11 is 0. The van der Waals surface area contributed by atoms with Gasteiger partial charge in [0.25, 0.3) is 0 Å². The molecule has 30 heavy (non-hydrogen) atoms. The normalized spacial score (nSPS) is 14.2. The quantitative estimate of drug-likeness (QED) is 0.407. The van der Waals surface area contributed by atoms with Crippen LogP contribution in [0.25, 0.3) is 0 Å². The molecule has 0 fully saturated rings. The third kappa shape index (κ3) is 6.08. The van der Waals surface area contributed by atoms with E-state index < -0.39 is 22.4 Å². The van der Waals surface area contributed by atoms with E-state index in [-0.39, 0.29) is 0 Å². The number of nitrogens with zero attached hydrogens (tertiary/aromatic N) is 9. The molecule has 0 saturated carbocycles. The summed E-state index contributed by atoms with van der Waals surface area (Å²) in [7, 11) is 23.2. The van der Waals surface area contributed by atoms with Gasteiger partial charge in [-0.3, -0.25) is 23.4 Å². The molecule has 0 aliphatic carbocycles. The molecule has 0 atom stereocenters. The summed E-state index contributed by atoms with van der Waals surface area (Å²) in [6.07, 6.45) is 2.14. The molecule has 12 heteroatoms. The molecule has 0 N–H and O–H groups in total. The topological polar surface area (TPSA) is 47.4 Å². The molecule has 0 aromatic rings. The summed E-state index contributed by atoms with van der Waals surface area (Å²) in [4.78, 5) is 0. The zero-order chi connectivity index (χ0) is 24.1. The minimum Gasteiger partial charge on any atom is -0.261 e. The second kappa shape index (κ2) is 12.1. The summed E-state index contributed by atoms with van der Waals surface area (Å²) in [6.45, 7) is 2.22. The lowest BCUT2D eigenvalue weighted by atomic mass is 10.4. The standard InChI is InChI=1S/C18H50N9P3/c1-16-17-18-28(21(2)3,22(4)5)19-29(23(6)7,24(8)9)20-30(25(10)11,26(12)13)27(14)15/h18H,16-17H2,1-15H3. The van der Waals surface area contributed by atoms with Gasteiger partial charge in [0.05, 0.1) is 0 Å². The molecule has 0 radical (unpaired) electrons. The molecule has 0 saturated heterocycles. The van der Waals surface area contributed by atoms with E-state index in [1.165, 1.54) is 0 Å². The maximum absolute atomic E-state index is 5.76. The van der Waals surface area contributed by atoms with Gasteiger partial charge in [-0.2, -0.15) is 4.52 Å². The van der Waals surface area contributed by atoms with E-state index in [1.54, 1.807) is 0 Å². The third-order valence-corrected chi connectivity index (χ3v) is 17.4. The lowest BCUT2D eigenvalue weighted by Gasteiger charge is -2.46. The number of hydrogen-bond donors (Lipinski definition) is 0. The van der Waals surface area contributed by atoms with Gasteiger partial charge in [0.15, 0.2) is 7.51 Å². The highest BCUT2D eigenvalue weighted by Crippen LogP contribution is 2.73. The first-order valence-corrected chi connectivity index (χ1v) is 15.3. The van der Waals surface area contributed by atoms with Crippen molar-refractivity contribution in [2.24, 2.45) is 9.03 Å². The molecule has 182 valence electrons.